The van der Waals surface area contributed by atoms with Crippen molar-refractivity contribution in [1.29, 1.82) is 0 Å². The van der Waals surface area contributed by atoms with Gasteiger partial charge in [-0.15, -0.1) is 0 Å². The summed E-state index contributed by atoms with van der Waals surface area (Å²) in [6.45, 7) is 6.71. The van der Waals surface area contributed by atoms with E-state index < -0.39 is 9.84 Å². The van der Waals surface area contributed by atoms with Gasteiger partial charge < -0.3 is 0 Å². The summed E-state index contributed by atoms with van der Waals surface area (Å²) < 4.78 is 24.9. The van der Waals surface area contributed by atoms with E-state index in [1.807, 2.05) is 19.1 Å². The predicted molar refractivity (Wildman–Crippen MR) is 86.0 cm³/mol. The fourth-order valence-electron chi connectivity index (χ4n) is 4.48. The lowest BCUT2D eigenvalue weighted by Gasteiger charge is -2.60. The van der Waals surface area contributed by atoms with Crippen LogP contribution in [0.4, 0.5) is 0 Å². The molecule has 3 atom stereocenters. The first-order valence-electron chi connectivity index (χ1n) is 8.10. The van der Waals surface area contributed by atoms with Crippen molar-refractivity contribution in [3.05, 3.63) is 29.8 Å². The van der Waals surface area contributed by atoms with Crippen LogP contribution in [0.2, 0.25) is 0 Å². The van der Waals surface area contributed by atoms with E-state index in [1.165, 1.54) is 19.3 Å². The molecule has 0 aromatic heterocycles. The minimum absolute atomic E-state index is 0.304. The molecule has 0 spiro atoms. The third-order valence-corrected chi connectivity index (χ3v) is 7.90. The zero-order chi connectivity index (χ0) is 15.3. The molecule has 1 aromatic carbocycles. The number of sulfone groups is 1. The summed E-state index contributed by atoms with van der Waals surface area (Å²) in [5.41, 5.74) is 1.54. The molecular formula is C18H26O2S. The van der Waals surface area contributed by atoms with Crippen LogP contribution in [0.3, 0.4) is 0 Å². The van der Waals surface area contributed by atoms with Gasteiger partial charge in [0.15, 0.2) is 9.84 Å². The Hall–Kier alpha value is -0.830. The van der Waals surface area contributed by atoms with Crippen LogP contribution in [0, 0.1) is 30.1 Å². The van der Waals surface area contributed by atoms with Crippen molar-refractivity contribution in [3.63, 3.8) is 0 Å². The Morgan fingerprint density at radius 1 is 1.14 bits per heavy atom. The largest absolute Gasteiger partial charge is 0.224 e. The molecule has 0 saturated heterocycles. The molecule has 0 radical (unpaired) electrons. The molecule has 1 aromatic rings. The maximum absolute atomic E-state index is 12.5. The van der Waals surface area contributed by atoms with Crippen LogP contribution in [0.1, 0.15) is 45.1 Å². The smallest absolute Gasteiger partial charge is 0.178 e. The Balaban J connectivity index is 1.66. The second-order valence-corrected chi connectivity index (χ2v) is 9.73. The van der Waals surface area contributed by atoms with Crippen LogP contribution in [0.5, 0.6) is 0 Å². The maximum atomic E-state index is 12.5. The van der Waals surface area contributed by atoms with Crippen molar-refractivity contribution in [3.8, 4) is 0 Å². The summed E-state index contributed by atoms with van der Waals surface area (Å²) in [7, 11) is -3.12. The van der Waals surface area contributed by atoms with Gasteiger partial charge in [0.05, 0.1) is 10.6 Å². The summed E-state index contributed by atoms with van der Waals surface area (Å²) >= 11 is 0. The Labute approximate surface area is 128 Å². The van der Waals surface area contributed by atoms with Crippen molar-refractivity contribution in [2.45, 2.75) is 51.3 Å². The molecule has 0 heterocycles. The van der Waals surface area contributed by atoms with Gasteiger partial charge in [-0.1, -0.05) is 31.5 Å². The molecular weight excluding hydrogens is 280 g/mol. The van der Waals surface area contributed by atoms with Crippen LogP contribution in [-0.2, 0) is 9.84 Å². The minimum atomic E-state index is -3.12. The number of hydrogen-bond donors (Lipinski definition) is 0. The third-order valence-electron chi connectivity index (χ3n) is 6.14. The lowest BCUT2D eigenvalue weighted by molar-refractivity contribution is -0.105. The lowest BCUT2D eigenvalue weighted by Crippen LogP contribution is -2.52. The Morgan fingerprint density at radius 3 is 2.38 bits per heavy atom. The van der Waals surface area contributed by atoms with Crippen molar-refractivity contribution in [2.75, 3.05) is 5.75 Å². The van der Waals surface area contributed by atoms with Gasteiger partial charge in [-0.2, -0.15) is 0 Å². The molecule has 0 aliphatic heterocycles. The summed E-state index contributed by atoms with van der Waals surface area (Å²) in [5, 5.41) is 0. The zero-order valence-corrected chi connectivity index (χ0v) is 14.1. The molecule has 21 heavy (non-hydrogen) atoms. The van der Waals surface area contributed by atoms with Gasteiger partial charge in [-0.05, 0) is 67.9 Å². The third kappa shape index (κ3) is 2.65. The van der Waals surface area contributed by atoms with Gasteiger partial charge >= 0.3 is 0 Å². The molecule has 4 rings (SSSR count). The molecule has 2 nitrogen and oxygen atoms in total. The van der Waals surface area contributed by atoms with Crippen molar-refractivity contribution in [1.82, 2.24) is 0 Å². The average molecular weight is 306 g/mol. The topological polar surface area (TPSA) is 34.1 Å². The average Bonchev–Trinajstić information content (AvgIpc) is 2.45. The zero-order valence-electron chi connectivity index (χ0n) is 13.3. The molecule has 0 amide bonds. The van der Waals surface area contributed by atoms with Gasteiger partial charge in [0.1, 0.15) is 0 Å². The van der Waals surface area contributed by atoms with E-state index in [9.17, 15) is 8.42 Å². The van der Waals surface area contributed by atoms with Gasteiger partial charge in [-0.3, -0.25) is 0 Å². The summed E-state index contributed by atoms with van der Waals surface area (Å²) in [5.74, 6) is 2.53. The van der Waals surface area contributed by atoms with Crippen LogP contribution in [0.25, 0.3) is 0 Å². The number of aryl methyl sites for hydroxylation is 1. The summed E-state index contributed by atoms with van der Waals surface area (Å²) in [6, 6.07) is 7.25. The fraction of sp³-hybridized carbons (Fsp3) is 0.667. The number of fused-ring (bicyclic) bond motifs is 2. The summed E-state index contributed by atoms with van der Waals surface area (Å²) in [4.78, 5) is 0.481. The van der Waals surface area contributed by atoms with E-state index in [0.717, 1.165) is 23.8 Å². The highest BCUT2D eigenvalue weighted by atomic mass is 32.2. The highest BCUT2D eigenvalue weighted by molar-refractivity contribution is 7.91. The molecule has 3 aliphatic rings. The second-order valence-electron chi connectivity index (χ2n) is 7.62. The van der Waals surface area contributed by atoms with E-state index in [1.54, 1.807) is 12.1 Å². The van der Waals surface area contributed by atoms with Crippen LogP contribution >= 0.6 is 0 Å². The van der Waals surface area contributed by atoms with Crippen molar-refractivity contribution in [2.24, 2.45) is 23.2 Å². The SMILES string of the molecule is Cc1ccc(S(=O)(=O)CCC2CC[C@H]3C[C@@H]2C3(C)C)cc1. The van der Waals surface area contributed by atoms with Gasteiger partial charge in [0, 0.05) is 0 Å². The first-order chi connectivity index (χ1) is 9.80. The van der Waals surface area contributed by atoms with Gasteiger partial charge in [0.25, 0.3) is 0 Å². The van der Waals surface area contributed by atoms with Crippen LogP contribution in [0.15, 0.2) is 29.2 Å². The van der Waals surface area contributed by atoms with E-state index in [-0.39, 0.29) is 0 Å². The van der Waals surface area contributed by atoms with Crippen molar-refractivity contribution < 1.29 is 8.42 Å². The van der Waals surface area contributed by atoms with E-state index in [4.69, 9.17) is 0 Å². The Kier molecular flexibility index (Phi) is 3.67. The normalized spacial score (nSPS) is 30.7. The highest BCUT2D eigenvalue weighted by Crippen LogP contribution is 2.62. The minimum Gasteiger partial charge on any atom is -0.224 e. The molecule has 1 unspecified atom stereocenters. The molecule has 3 heteroatoms. The van der Waals surface area contributed by atoms with Crippen LogP contribution in [-0.4, -0.2) is 14.2 Å². The standard InChI is InChI=1S/C18H26O2S/c1-13-4-8-16(9-5-13)21(19,20)11-10-14-6-7-15-12-17(14)18(15,2)3/h4-5,8-9,14-15,17H,6-7,10-12H2,1-3H3/t14?,15-,17-/m0/s1. The molecule has 116 valence electrons. The fourth-order valence-corrected chi connectivity index (χ4v) is 5.88. The first-order valence-corrected chi connectivity index (χ1v) is 9.75. The number of hydrogen-bond acceptors (Lipinski definition) is 2. The molecule has 3 fully saturated rings. The van der Waals surface area contributed by atoms with Crippen LogP contribution < -0.4 is 0 Å². The number of rotatable bonds is 4. The summed E-state index contributed by atoms with van der Waals surface area (Å²) in [6.07, 6.45) is 4.67. The molecule has 3 aliphatic carbocycles. The van der Waals surface area contributed by atoms with Gasteiger partial charge in [-0.25, -0.2) is 8.42 Å². The highest BCUT2D eigenvalue weighted by Gasteiger charge is 2.53. The van der Waals surface area contributed by atoms with E-state index in [2.05, 4.69) is 13.8 Å². The number of benzene rings is 1. The van der Waals surface area contributed by atoms with Gasteiger partial charge in [0.2, 0.25) is 0 Å². The van der Waals surface area contributed by atoms with E-state index >= 15 is 0 Å². The first kappa shape index (κ1) is 15.1. The second kappa shape index (κ2) is 5.12. The quantitative estimate of drug-likeness (QED) is 0.834. The molecule has 0 N–H and O–H groups in total. The van der Waals surface area contributed by atoms with Crippen molar-refractivity contribution >= 4 is 9.84 Å². The monoisotopic (exact) mass is 306 g/mol. The maximum Gasteiger partial charge on any atom is 0.178 e. The Bertz CT molecular complexity index is 611. The van der Waals surface area contributed by atoms with E-state index in [0.29, 0.717) is 22.0 Å². The molecule has 3 saturated carbocycles. The predicted octanol–water partition coefficient (Wildman–Crippen LogP) is 4.23. The Morgan fingerprint density at radius 2 is 1.81 bits per heavy atom. The molecule has 2 bridgehead atoms. The lowest BCUT2D eigenvalue weighted by atomic mass is 9.45.